The molecule has 1 aliphatic rings. The maximum atomic E-state index is 3.79. The molecule has 3 heteroatoms. The van der Waals surface area contributed by atoms with Gasteiger partial charge in [-0.25, -0.2) is 0 Å². The Morgan fingerprint density at radius 2 is 2.00 bits per heavy atom. The van der Waals surface area contributed by atoms with Gasteiger partial charge in [-0.15, -0.1) is 0 Å². The Bertz CT molecular complexity index is 206. The van der Waals surface area contributed by atoms with Crippen molar-refractivity contribution < 1.29 is 0 Å². The lowest BCUT2D eigenvalue weighted by Gasteiger charge is -2.22. The largest absolute Gasteiger partial charge is 0.310 e. The molecule has 0 aliphatic carbocycles. The average molecular weight is 255 g/mol. The molecule has 1 saturated heterocycles. The highest BCUT2D eigenvalue weighted by Crippen LogP contribution is 2.15. The Morgan fingerprint density at radius 3 is 2.50 bits per heavy atom. The van der Waals surface area contributed by atoms with Gasteiger partial charge in [0.15, 0.2) is 0 Å². The summed E-state index contributed by atoms with van der Waals surface area (Å²) in [4.78, 5) is 4.97. The smallest absolute Gasteiger partial charge is 0.0212 e. The van der Waals surface area contributed by atoms with Gasteiger partial charge in [0.05, 0.1) is 0 Å². The Kier molecular flexibility index (Phi) is 7.20. The van der Waals surface area contributed by atoms with Crippen molar-refractivity contribution in [2.45, 2.75) is 65.1 Å². The van der Waals surface area contributed by atoms with Crippen molar-refractivity contribution in [3.05, 3.63) is 0 Å². The van der Waals surface area contributed by atoms with Gasteiger partial charge in [-0.05, 0) is 59.8 Å². The predicted molar refractivity (Wildman–Crippen MR) is 80.1 cm³/mol. The first-order chi connectivity index (χ1) is 8.56. The SMILES string of the molecule is CCN(CC)CCCC(C)NC1CC(C)N(C)C1. The molecule has 0 amide bonds. The van der Waals surface area contributed by atoms with Crippen LogP contribution in [0.4, 0.5) is 0 Å². The Morgan fingerprint density at radius 1 is 1.33 bits per heavy atom. The van der Waals surface area contributed by atoms with Gasteiger partial charge in [-0.3, -0.25) is 0 Å². The van der Waals surface area contributed by atoms with E-state index in [4.69, 9.17) is 0 Å². The summed E-state index contributed by atoms with van der Waals surface area (Å²) < 4.78 is 0. The summed E-state index contributed by atoms with van der Waals surface area (Å²) in [6.07, 6.45) is 3.91. The number of likely N-dealkylation sites (N-methyl/N-ethyl adjacent to an activating group) is 1. The molecular formula is C15H33N3. The number of hydrogen-bond donors (Lipinski definition) is 1. The van der Waals surface area contributed by atoms with E-state index in [2.05, 4.69) is 49.9 Å². The summed E-state index contributed by atoms with van der Waals surface area (Å²) >= 11 is 0. The maximum Gasteiger partial charge on any atom is 0.0212 e. The Hall–Kier alpha value is -0.120. The minimum Gasteiger partial charge on any atom is -0.310 e. The molecule has 18 heavy (non-hydrogen) atoms. The quantitative estimate of drug-likeness (QED) is 0.717. The number of nitrogens with one attached hydrogen (secondary N) is 1. The highest BCUT2D eigenvalue weighted by molar-refractivity contribution is 4.86. The lowest BCUT2D eigenvalue weighted by molar-refractivity contribution is 0.287. The number of rotatable bonds is 8. The summed E-state index contributed by atoms with van der Waals surface area (Å²) in [5.41, 5.74) is 0. The predicted octanol–water partition coefficient (Wildman–Crippen LogP) is 2.18. The van der Waals surface area contributed by atoms with Crippen LogP contribution in [0.2, 0.25) is 0 Å². The molecule has 1 fully saturated rings. The third-order valence-electron chi connectivity index (χ3n) is 4.41. The molecule has 0 bridgehead atoms. The molecule has 3 nitrogen and oxygen atoms in total. The van der Waals surface area contributed by atoms with E-state index in [0.29, 0.717) is 12.1 Å². The van der Waals surface area contributed by atoms with Crippen LogP contribution in [0.3, 0.4) is 0 Å². The first-order valence-electron chi connectivity index (χ1n) is 7.75. The van der Waals surface area contributed by atoms with E-state index in [-0.39, 0.29) is 0 Å². The number of nitrogens with zero attached hydrogens (tertiary/aromatic N) is 2. The van der Waals surface area contributed by atoms with Crippen LogP contribution in [0.5, 0.6) is 0 Å². The van der Waals surface area contributed by atoms with Crippen molar-refractivity contribution in [2.75, 3.05) is 33.2 Å². The van der Waals surface area contributed by atoms with Crippen molar-refractivity contribution >= 4 is 0 Å². The van der Waals surface area contributed by atoms with Gasteiger partial charge in [0.1, 0.15) is 0 Å². The van der Waals surface area contributed by atoms with Gasteiger partial charge in [0.25, 0.3) is 0 Å². The monoisotopic (exact) mass is 255 g/mol. The van der Waals surface area contributed by atoms with Gasteiger partial charge >= 0.3 is 0 Å². The number of hydrogen-bond acceptors (Lipinski definition) is 3. The summed E-state index contributed by atoms with van der Waals surface area (Å²) in [5, 5.41) is 3.79. The Labute approximate surface area is 114 Å². The lowest BCUT2D eigenvalue weighted by atomic mass is 10.1. The standard InChI is InChI=1S/C15H33N3/c1-6-18(7-2)10-8-9-13(3)16-15-11-14(4)17(5)12-15/h13-16H,6-12H2,1-5H3. The minimum atomic E-state index is 0.657. The lowest BCUT2D eigenvalue weighted by Crippen LogP contribution is -2.38. The molecule has 108 valence electrons. The summed E-state index contributed by atoms with van der Waals surface area (Å²) in [5.74, 6) is 0. The van der Waals surface area contributed by atoms with Crippen LogP contribution in [0.25, 0.3) is 0 Å². The average Bonchev–Trinajstić information content (AvgIpc) is 2.64. The highest BCUT2D eigenvalue weighted by Gasteiger charge is 2.26. The van der Waals surface area contributed by atoms with E-state index < -0.39 is 0 Å². The first kappa shape index (κ1) is 15.9. The van der Waals surface area contributed by atoms with Crippen LogP contribution < -0.4 is 5.32 Å². The molecule has 1 N–H and O–H groups in total. The van der Waals surface area contributed by atoms with E-state index >= 15 is 0 Å². The Balaban J connectivity index is 2.12. The van der Waals surface area contributed by atoms with Crippen molar-refractivity contribution in [1.82, 2.24) is 15.1 Å². The van der Waals surface area contributed by atoms with Crippen molar-refractivity contribution in [1.29, 1.82) is 0 Å². The molecule has 0 saturated carbocycles. The zero-order valence-electron chi connectivity index (χ0n) is 13.1. The molecule has 1 heterocycles. The molecule has 3 atom stereocenters. The fraction of sp³-hybridized carbons (Fsp3) is 1.00. The van der Waals surface area contributed by atoms with Crippen LogP contribution in [0.1, 0.15) is 47.0 Å². The zero-order valence-corrected chi connectivity index (χ0v) is 13.1. The maximum absolute atomic E-state index is 3.79. The fourth-order valence-corrected chi connectivity index (χ4v) is 2.96. The second-order valence-electron chi connectivity index (χ2n) is 5.96. The second kappa shape index (κ2) is 8.13. The topological polar surface area (TPSA) is 18.5 Å². The summed E-state index contributed by atoms with van der Waals surface area (Å²) in [6.45, 7) is 14.0. The fourth-order valence-electron chi connectivity index (χ4n) is 2.96. The van der Waals surface area contributed by atoms with Crippen molar-refractivity contribution in [2.24, 2.45) is 0 Å². The van der Waals surface area contributed by atoms with Crippen molar-refractivity contribution in [3.8, 4) is 0 Å². The molecule has 0 aromatic heterocycles. The number of likely N-dealkylation sites (tertiary alicyclic amines) is 1. The molecule has 0 spiro atoms. The normalized spacial score (nSPS) is 27.0. The first-order valence-corrected chi connectivity index (χ1v) is 7.75. The molecule has 3 unspecified atom stereocenters. The van der Waals surface area contributed by atoms with Crippen LogP contribution >= 0.6 is 0 Å². The van der Waals surface area contributed by atoms with Crippen LogP contribution in [-0.2, 0) is 0 Å². The summed E-state index contributed by atoms with van der Waals surface area (Å²) in [7, 11) is 2.23. The third-order valence-corrected chi connectivity index (χ3v) is 4.41. The van der Waals surface area contributed by atoms with E-state index in [1.165, 1.54) is 45.4 Å². The minimum absolute atomic E-state index is 0.657. The molecule has 0 radical (unpaired) electrons. The van der Waals surface area contributed by atoms with E-state index in [1.807, 2.05) is 0 Å². The van der Waals surface area contributed by atoms with Gasteiger partial charge in [-0.2, -0.15) is 0 Å². The van der Waals surface area contributed by atoms with Crippen LogP contribution in [-0.4, -0.2) is 61.2 Å². The van der Waals surface area contributed by atoms with Crippen LogP contribution in [0.15, 0.2) is 0 Å². The van der Waals surface area contributed by atoms with Gasteiger partial charge in [-0.1, -0.05) is 13.8 Å². The van der Waals surface area contributed by atoms with E-state index in [0.717, 1.165) is 6.04 Å². The highest BCUT2D eigenvalue weighted by atomic mass is 15.2. The van der Waals surface area contributed by atoms with Crippen LogP contribution in [0, 0.1) is 0 Å². The zero-order chi connectivity index (χ0) is 13.5. The van der Waals surface area contributed by atoms with E-state index in [1.54, 1.807) is 0 Å². The van der Waals surface area contributed by atoms with E-state index in [9.17, 15) is 0 Å². The van der Waals surface area contributed by atoms with Gasteiger partial charge < -0.3 is 15.1 Å². The van der Waals surface area contributed by atoms with Gasteiger partial charge in [0, 0.05) is 24.7 Å². The molecule has 1 aliphatic heterocycles. The third kappa shape index (κ3) is 5.25. The van der Waals surface area contributed by atoms with Gasteiger partial charge in [0.2, 0.25) is 0 Å². The van der Waals surface area contributed by atoms with Crippen molar-refractivity contribution in [3.63, 3.8) is 0 Å². The molecule has 0 aromatic rings. The molecule has 0 aromatic carbocycles. The molecule has 1 rings (SSSR count). The second-order valence-corrected chi connectivity index (χ2v) is 5.96. The summed E-state index contributed by atoms with van der Waals surface area (Å²) in [6, 6.07) is 2.10. The molecular weight excluding hydrogens is 222 g/mol.